The zero-order valence-electron chi connectivity index (χ0n) is 21.9. The number of para-hydroxylation sites is 1. The lowest BCUT2D eigenvalue weighted by atomic mass is 10.1. The van der Waals surface area contributed by atoms with Crippen LogP contribution in [0.2, 0.25) is 5.02 Å². The highest BCUT2D eigenvalue weighted by atomic mass is 35.5. The summed E-state index contributed by atoms with van der Waals surface area (Å²) in [5.74, 6) is 0. The van der Waals surface area contributed by atoms with Crippen LogP contribution < -0.4 is 15.5 Å². The molecule has 0 aliphatic carbocycles. The van der Waals surface area contributed by atoms with Crippen molar-refractivity contribution in [2.75, 3.05) is 42.9 Å². The number of carbonyl (C=O) groups is 1. The van der Waals surface area contributed by atoms with Crippen molar-refractivity contribution in [3.63, 3.8) is 0 Å². The van der Waals surface area contributed by atoms with E-state index in [0.717, 1.165) is 41.4 Å². The van der Waals surface area contributed by atoms with Crippen LogP contribution in [-0.2, 0) is 6.54 Å². The molecule has 8 heteroatoms. The van der Waals surface area contributed by atoms with Crippen LogP contribution in [0.1, 0.15) is 39.7 Å². The lowest BCUT2D eigenvalue weighted by Crippen LogP contribution is -2.47. The SMILES string of the molecule is C=C(CNC(=O)N1Cc2ccccc2N(c2ccc(NCCC(C)=N)cc2Cl)C[C@H]1C)N(CC)CC. The number of nitrogens with one attached hydrogen (secondary N) is 3. The monoisotopic (exact) mass is 510 g/mol. The van der Waals surface area contributed by atoms with Crippen molar-refractivity contribution in [2.45, 2.75) is 46.7 Å². The predicted molar refractivity (Wildman–Crippen MR) is 152 cm³/mol. The van der Waals surface area contributed by atoms with Gasteiger partial charge in [-0.15, -0.1) is 0 Å². The standard InChI is InChI=1S/C28H39ClN6O/c1-6-33(7-2)21(4)17-32-28(36)34-19-23-10-8-9-11-26(23)35(18-22(34)5)27-13-12-24(16-25(27)29)31-15-14-20(3)30/h8-13,16,22,30-31H,4,6-7,14-15,17-19H2,1-3,5H3,(H,32,36)/t22-/m1/s1. The summed E-state index contributed by atoms with van der Waals surface area (Å²) in [7, 11) is 0. The first kappa shape index (κ1) is 27.4. The van der Waals surface area contributed by atoms with E-state index >= 15 is 0 Å². The number of benzene rings is 2. The van der Waals surface area contributed by atoms with Gasteiger partial charge in [0.25, 0.3) is 0 Å². The first-order chi connectivity index (χ1) is 17.2. The van der Waals surface area contributed by atoms with Crippen LogP contribution in [0.3, 0.4) is 0 Å². The van der Waals surface area contributed by atoms with Gasteiger partial charge in [-0.2, -0.15) is 0 Å². The largest absolute Gasteiger partial charge is 0.385 e. The number of likely N-dealkylation sites (N-methyl/N-ethyl adjacent to an activating group) is 1. The molecule has 36 heavy (non-hydrogen) atoms. The zero-order chi connectivity index (χ0) is 26.2. The third-order valence-electron chi connectivity index (χ3n) is 6.58. The first-order valence-electron chi connectivity index (χ1n) is 12.6. The molecule has 1 aliphatic heterocycles. The topological polar surface area (TPSA) is 74.7 Å². The van der Waals surface area contributed by atoms with Gasteiger partial charge in [0.05, 0.1) is 17.3 Å². The van der Waals surface area contributed by atoms with Gasteiger partial charge in [0.1, 0.15) is 0 Å². The molecule has 0 fully saturated rings. The summed E-state index contributed by atoms with van der Waals surface area (Å²) in [6, 6.07) is 14.0. The van der Waals surface area contributed by atoms with Gasteiger partial charge in [0, 0.05) is 68.0 Å². The summed E-state index contributed by atoms with van der Waals surface area (Å²) in [4.78, 5) is 19.5. The smallest absolute Gasteiger partial charge is 0.318 e. The lowest BCUT2D eigenvalue weighted by molar-refractivity contribution is 0.178. The molecule has 1 atom stereocenters. The second-order valence-electron chi connectivity index (χ2n) is 9.24. The number of urea groups is 1. The maximum Gasteiger partial charge on any atom is 0.318 e. The highest BCUT2D eigenvalue weighted by molar-refractivity contribution is 6.33. The third kappa shape index (κ3) is 6.72. The average molecular weight is 511 g/mol. The molecule has 3 N–H and O–H groups in total. The van der Waals surface area contributed by atoms with E-state index in [2.05, 4.69) is 59.9 Å². The number of amides is 2. The maximum absolute atomic E-state index is 13.3. The van der Waals surface area contributed by atoms with E-state index < -0.39 is 0 Å². The van der Waals surface area contributed by atoms with Crippen molar-refractivity contribution in [2.24, 2.45) is 0 Å². The molecule has 194 valence electrons. The molecule has 0 unspecified atom stereocenters. The molecule has 0 radical (unpaired) electrons. The van der Waals surface area contributed by atoms with Gasteiger partial charge in [0.2, 0.25) is 0 Å². The summed E-state index contributed by atoms with van der Waals surface area (Å²) < 4.78 is 0. The number of nitrogens with zero attached hydrogens (tertiary/aromatic N) is 3. The van der Waals surface area contributed by atoms with Crippen molar-refractivity contribution in [3.8, 4) is 0 Å². The number of anilines is 3. The summed E-state index contributed by atoms with van der Waals surface area (Å²) in [5.41, 5.74) is 5.51. The summed E-state index contributed by atoms with van der Waals surface area (Å²) in [5, 5.41) is 14.6. The Hall–Kier alpha value is -3.19. The minimum absolute atomic E-state index is 0.0523. The predicted octanol–water partition coefficient (Wildman–Crippen LogP) is 6.09. The molecule has 0 aromatic heterocycles. The van der Waals surface area contributed by atoms with E-state index in [1.807, 2.05) is 35.2 Å². The van der Waals surface area contributed by atoms with Crippen LogP contribution in [-0.4, -0.2) is 60.3 Å². The molecule has 0 bridgehead atoms. The Labute approximate surface area is 220 Å². The van der Waals surface area contributed by atoms with Gasteiger partial charge in [0.15, 0.2) is 0 Å². The zero-order valence-corrected chi connectivity index (χ0v) is 22.7. The Morgan fingerprint density at radius 1 is 1.19 bits per heavy atom. The molecule has 0 saturated heterocycles. The Balaban J connectivity index is 1.80. The molecule has 0 spiro atoms. The summed E-state index contributed by atoms with van der Waals surface area (Å²) in [6.07, 6.45) is 0.691. The van der Waals surface area contributed by atoms with Gasteiger partial charge in [-0.05, 0) is 57.5 Å². The highest BCUT2D eigenvalue weighted by Crippen LogP contribution is 2.38. The Morgan fingerprint density at radius 2 is 1.92 bits per heavy atom. The van der Waals surface area contributed by atoms with Crippen molar-refractivity contribution in [1.29, 1.82) is 5.41 Å². The van der Waals surface area contributed by atoms with Crippen LogP contribution in [0.5, 0.6) is 0 Å². The minimum atomic E-state index is -0.0976. The second-order valence-corrected chi connectivity index (χ2v) is 9.64. The van der Waals surface area contributed by atoms with E-state index in [4.69, 9.17) is 17.0 Å². The van der Waals surface area contributed by atoms with Gasteiger partial charge in [-0.3, -0.25) is 0 Å². The van der Waals surface area contributed by atoms with Crippen molar-refractivity contribution in [1.82, 2.24) is 15.1 Å². The van der Waals surface area contributed by atoms with E-state index in [1.54, 1.807) is 6.92 Å². The molecular weight excluding hydrogens is 472 g/mol. The number of fused-ring (bicyclic) bond motifs is 1. The summed E-state index contributed by atoms with van der Waals surface area (Å²) in [6.45, 7) is 16.2. The van der Waals surface area contributed by atoms with E-state index in [9.17, 15) is 4.79 Å². The van der Waals surface area contributed by atoms with Gasteiger partial charge in [-0.1, -0.05) is 36.4 Å². The Morgan fingerprint density at radius 3 is 2.58 bits per heavy atom. The maximum atomic E-state index is 13.3. The number of hydrogen-bond donors (Lipinski definition) is 3. The van der Waals surface area contributed by atoms with Crippen molar-refractivity contribution < 1.29 is 4.79 Å². The molecule has 3 rings (SSSR count). The van der Waals surface area contributed by atoms with Gasteiger partial charge >= 0.3 is 6.03 Å². The van der Waals surface area contributed by atoms with E-state index in [1.165, 1.54) is 0 Å². The quantitative estimate of drug-likeness (QED) is 0.338. The average Bonchev–Trinajstić information content (AvgIpc) is 3.00. The van der Waals surface area contributed by atoms with Gasteiger partial charge < -0.3 is 30.7 Å². The summed E-state index contributed by atoms with van der Waals surface area (Å²) >= 11 is 6.78. The number of halogens is 1. The van der Waals surface area contributed by atoms with Crippen LogP contribution in [0.25, 0.3) is 0 Å². The molecule has 1 heterocycles. The Bertz CT molecular complexity index is 1080. The van der Waals surface area contributed by atoms with Crippen LogP contribution in [0.15, 0.2) is 54.7 Å². The Kier molecular flexibility index (Phi) is 9.65. The lowest BCUT2D eigenvalue weighted by Gasteiger charge is -2.31. The van der Waals surface area contributed by atoms with Crippen molar-refractivity contribution >= 4 is 40.4 Å². The van der Waals surface area contributed by atoms with E-state index in [0.29, 0.717) is 43.3 Å². The number of hydrogen-bond acceptors (Lipinski definition) is 5. The third-order valence-corrected chi connectivity index (χ3v) is 6.89. The molecule has 2 aromatic rings. The van der Waals surface area contributed by atoms with Crippen LogP contribution in [0.4, 0.5) is 21.9 Å². The highest BCUT2D eigenvalue weighted by Gasteiger charge is 2.29. The van der Waals surface area contributed by atoms with Crippen molar-refractivity contribution in [3.05, 3.63) is 65.3 Å². The second kappa shape index (κ2) is 12.7. The molecule has 2 amide bonds. The molecule has 0 saturated carbocycles. The van der Waals surface area contributed by atoms with Gasteiger partial charge in [-0.25, -0.2) is 4.79 Å². The molecule has 7 nitrogen and oxygen atoms in total. The fourth-order valence-electron chi connectivity index (χ4n) is 4.50. The normalized spacial score (nSPS) is 15.1. The first-order valence-corrected chi connectivity index (χ1v) is 13.0. The number of rotatable bonds is 10. The fourth-order valence-corrected chi connectivity index (χ4v) is 4.78. The molecular formula is C28H39ClN6O. The fraction of sp³-hybridized carbons (Fsp3) is 0.429. The van der Waals surface area contributed by atoms with E-state index in [-0.39, 0.29) is 12.1 Å². The number of carbonyl (C=O) groups excluding carboxylic acids is 1. The van der Waals surface area contributed by atoms with Crippen LogP contribution >= 0.6 is 11.6 Å². The molecule has 2 aromatic carbocycles. The molecule has 1 aliphatic rings. The van der Waals surface area contributed by atoms with Crippen LogP contribution in [0, 0.1) is 5.41 Å². The minimum Gasteiger partial charge on any atom is -0.385 e.